The summed E-state index contributed by atoms with van der Waals surface area (Å²) in [7, 11) is 0. The molecule has 2 aliphatic heterocycles. The number of benzene rings is 1. The van der Waals surface area contributed by atoms with Crippen LogP contribution in [0.15, 0.2) is 36.5 Å². The zero-order chi connectivity index (χ0) is 20.1. The van der Waals surface area contributed by atoms with Gasteiger partial charge in [0.2, 0.25) is 0 Å². The van der Waals surface area contributed by atoms with E-state index < -0.39 is 0 Å². The lowest BCUT2D eigenvalue weighted by Gasteiger charge is -2.28. The molecule has 8 heteroatoms. The highest BCUT2D eigenvalue weighted by Gasteiger charge is 2.16. The molecule has 1 saturated heterocycles. The minimum atomic E-state index is -0.225. The number of hydrogen-bond donors (Lipinski definition) is 2. The average molecular weight is 398 g/mol. The van der Waals surface area contributed by atoms with Crippen LogP contribution in [0.25, 0.3) is 0 Å². The molecule has 0 spiro atoms. The van der Waals surface area contributed by atoms with Crippen LogP contribution >= 0.6 is 0 Å². The normalized spacial score (nSPS) is 16.8. The van der Waals surface area contributed by atoms with Crippen LogP contribution in [0.4, 0.5) is 10.6 Å². The van der Waals surface area contributed by atoms with Crippen LogP contribution < -0.4 is 25.0 Å². The molecular weight excluding hydrogens is 372 g/mol. The Labute approximate surface area is 170 Å². The molecule has 1 aromatic carbocycles. The molecule has 3 heterocycles. The molecule has 2 aliphatic rings. The number of carbonyl (C=O) groups is 1. The van der Waals surface area contributed by atoms with E-state index in [0.29, 0.717) is 33.0 Å². The van der Waals surface area contributed by atoms with Crippen molar-refractivity contribution in [1.29, 1.82) is 0 Å². The first-order valence-electron chi connectivity index (χ1n) is 9.90. The van der Waals surface area contributed by atoms with E-state index in [1.165, 1.54) is 0 Å². The van der Waals surface area contributed by atoms with Crippen LogP contribution in [0.1, 0.15) is 24.1 Å². The van der Waals surface area contributed by atoms with Crippen molar-refractivity contribution in [2.24, 2.45) is 0 Å². The van der Waals surface area contributed by atoms with Gasteiger partial charge in [-0.05, 0) is 42.3 Å². The Morgan fingerprint density at radius 2 is 1.90 bits per heavy atom. The molecule has 8 nitrogen and oxygen atoms in total. The number of urea groups is 1. The molecule has 1 atom stereocenters. The van der Waals surface area contributed by atoms with Crippen LogP contribution in [0.5, 0.6) is 11.5 Å². The number of pyridine rings is 1. The standard InChI is InChI=1S/C21H26N4O4/c1-15(17-2-3-18-19(13-17)29-11-10-28-18)24-21(26)23-14-16-4-5-22-20(12-16)25-6-8-27-9-7-25/h2-5,12-13,15H,6-11,14H2,1H3,(H2,23,24,26). The molecule has 1 aromatic heterocycles. The minimum absolute atomic E-state index is 0.160. The van der Waals surface area contributed by atoms with Crippen LogP contribution in [-0.4, -0.2) is 50.5 Å². The van der Waals surface area contributed by atoms with Crippen LogP contribution in [0.2, 0.25) is 0 Å². The Balaban J connectivity index is 1.31. The van der Waals surface area contributed by atoms with Gasteiger partial charge in [-0.2, -0.15) is 0 Å². The van der Waals surface area contributed by atoms with Crippen molar-refractivity contribution in [3.8, 4) is 11.5 Å². The predicted molar refractivity (Wildman–Crippen MR) is 108 cm³/mol. The third kappa shape index (κ3) is 4.89. The Hall–Kier alpha value is -3.00. The van der Waals surface area contributed by atoms with Gasteiger partial charge >= 0.3 is 6.03 Å². The molecular formula is C21H26N4O4. The van der Waals surface area contributed by atoms with Gasteiger partial charge in [0, 0.05) is 25.8 Å². The van der Waals surface area contributed by atoms with Crippen LogP contribution in [0.3, 0.4) is 0 Å². The van der Waals surface area contributed by atoms with E-state index in [9.17, 15) is 4.79 Å². The second-order valence-electron chi connectivity index (χ2n) is 7.07. The molecule has 154 valence electrons. The molecule has 2 aromatic rings. The third-order valence-electron chi connectivity index (χ3n) is 5.01. The Morgan fingerprint density at radius 1 is 1.10 bits per heavy atom. The summed E-state index contributed by atoms with van der Waals surface area (Å²) in [6, 6.07) is 9.27. The molecule has 0 saturated carbocycles. The summed E-state index contributed by atoms with van der Waals surface area (Å²) in [6.45, 7) is 6.55. The fourth-order valence-electron chi connectivity index (χ4n) is 3.38. The monoisotopic (exact) mass is 398 g/mol. The van der Waals surface area contributed by atoms with E-state index in [4.69, 9.17) is 14.2 Å². The van der Waals surface area contributed by atoms with E-state index in [1.807, 2.05) is 37.3 Å². The quantitative estimate of drug-likeness (QED) is 0.804. The number of nitrogens with zero attached hydrogens (tertiary/aromatic N) is 2. The molecule has 1 unspecified atom stereocenters. The van der Waals surface area contributed by atoms with Crippen molar-refractivity contribution >= 4 is 11.8 Å². The summed E-state index contributed by atoms with van der Waals surface area (Å²) >= 11 is 0. The van der Waals surface area contributed by atoms with Crippen LogP contribution in [0, 0.1) is 0 Å². The van der Waals surface area contributed by atoms with Gasteiger partial charge in [0.05, 0.1) is 19.3 Å². The van der Waals surface area contributed by atoms with Crippen molar-refractivity contribution < 1.29 is 19.0 Å². The predicted octanol–water partition coefficient (Wildman–Crippen LogP) is 2.25. The van der Waals surface area contributed by atoms with E-state index in [0.717, 1.165) is 41.5 Å². The SMILES string of the molecule is CC(NC(=O)NCc1ccnc(N2CCOCC2)c1)c1ccc2c(c1)OCCO2. The highest BCUT2D eigenvalue weighted by Crippen LogP contribution is 2.32. The molecule has 0 bridgehead atoms. The lowest BCUT2D eigenvalue weighted by Crippen LogP contribution is -2.37. The summed E-state index contributed by atoms with van der Waals surface area (Å²) in [5, 5.41) is 5.88. The van der Waals surface area contributed by atoms with Gasteiger partial charge in [-0.15, -0.1) is 0 Å². The van der Waals surface area contributed by atoms with Gasteiger partial charge in [0.1, 0.15) is 19.0 Å². The number of aromatic nitrogens is 1. The first-order chi connectivity index (χ1) is 14.2. The highest BCUT2D eigenvalue weighted by molar-refractivity contribution is 5.74. The van der Waals surface area contributed by atoms with Crippen molar-refractivity contribution in [3.63, 3.8) is 0 Å². The number of hydrogen-bond acceptors (Lipinski definition) is 6. The molecule has 0 aliphatic carbocycles. The smallest absolute Gasteiger partial charge is 0.315 e. The molecule has 4 rings (SSSR count). The lowest BCUT2D eigenvalue weighted by molar-refractivity contribution is 0.122. The minimum Gasteiger partial charge on any atom is -0.486 e. The largest absolute Gasteiger partial charge is 0.486 e. The van der Waals surface area contributed by atoms with Crippen molar-refractivity contribution in [1.82, 2.24) is 15.6 Å². The topological polar surface area (TPSA) is 85.0 Å². The van der Waals surface area contributed by atoms with Crippen molar-refractivity contribution in [2.45, 2.75) is 19.5 Å². The van der Waals surface area contributed by atoms with Gasteiger partial charge in [-0.25, -0.2) is 9.78 Å². The average Bonchev–Trinajstić information content (AvgIpc) is 2.78. The number of carbonyl (C=O) groups excluding carboxylic acids is 1. The number of ether oxygens (including phenoxy) is 3. The van der Waals surface area contributed by atoms with Gasteiger partial charge in [-0.1, -0.05) is 6.07 Å². The number of nitrogens with one attached hydrogen (secondary N) is 2. The number of anilines is 1. The maximum atomic E-state index is 12.4. The first kappa shape index (κ1) is 19.3. The maximum Gasteiger partial charge on any atom is 0.315 e. The van der Waals surface area contributed by atoms with E-state index >= 15 is 0 Å². The maximum absolute atomic E-state index is 12.4. The Bertz CT molecular complexity index is 854. The van der Waals surface area contributed by atoms with Gasteiger partial charge < -0.3 is 29.7 Å². The van der Waals surface area contributed by atoms with E-state index in [1.54, 1.807) is 6.20 Å². The number of morpholine rings is 1. The highest BCUT2D eigenvalue weighted by atomic mass is 16.6. The molecule has 29 heavy (non-hydrogen) atoms. The second kappa shape index (κ2) is 9.00. The van der Waals surface area contributed by atoms with Gasteiger partial charge in [0.25, 0.3) is 0 Å². The zero-order valence-corrected chi connectivity index (χ0v) is 16.5. The number of fused-ring (bicyclic) bond motifs is 1. The van der Waals surface area contributed by atoms with E-state index in [2.05, 4.69) is 20.5 Å². The second-order valence-corrected chi connectivity index (χ2v) is 7.07. The number of amides is 2. The fourth-order valence-corrected chi connectivity index (χ4v) is 3.38. The Morgan fingerprint density at radius 3 is 2.72 bits per heavy atom. The Kier molecular flexibility index (Phi) is 6.00. The van der Waals surface area contributed by atoms with Crippen LogP contribution in [-0.2, 0) is 11.3 Å². The van der Waals surface area contributed by atoms with Gasteiger partial charge in [0.15, 0.2) is 11.5 Å². The zero-order valence-electron chi connectivity index (χ0n) is 16.5. The molecule has 0 radical (unpaired) electrons. The first-order valence-corrected chi connectivity index (χ1v) is 9.90. The number of rotatable bonds is 5. The summed E-state index contributed by atoms with van der Waals surface area (Å²) in [5.41, 5.74) is 1.96. The summed E-state index contributed by atoms with van der Waals surface area (Å²) < 4.78 is 16.5. The molecule has 2 N–H and O–H groups in total. The fraction of sp³-hybridized carbons (Fsp3) is 0.429. The summed E-state index contributed by atoms with van der Waals surface area (Å²) in [5.74, 6) is 2.37. The lowest BCUT2D eigenvalue weighted by atomic mass is 10.1. The summed E-state index contributed by atoms with van der Waals surface area (Å²) in [6.07, 6.45) is 1.78. The van der Waals surface area contributed by atoms with Gasteiger partial charge in [-0.3, -0.25) is 0 Å². The molecule has 2 amide bonds. The molecule has 1 fully saturated rings. The van der Waals surface area contributed by atoms with Crippen molar-refractivity contribution in [3.05, 3.63) is 47.7 Å². The van der Waals surface area contributed by atoms with Crippen molar-refractivity contribution in [2.75, 3.05) is 44.4 Å². The summed E-state index contributed by atoms with van der Waals surface area (Å²) in [4.78, 5) is 19.0. The third-order valence-corrected chi connectivity index (χ3v) is 5.01. The van der Waals surface area contributed by atoms with E-state index in [-0.39, 0.29) is 12.1 Å².